The zero-order valence-corrected chi connectivity index (χ0v) is 21.3. The molecule has 0 fully saturated rings. The Balaban J connectivity index is 1.61. The number of nitrogens with zero attached hydrogens (tertiary/aromatic N) is 1. The summed E-state index contributed by atoms with van der Waals surface area (Å²) >= 11 is 9.59. The Bertz CT molecular complexity index is 1200. The molecule has 1 N–H and O–H groups in total. The van der Waals surface area contributed by atoms with Gasteiger partial charge in [0.25, 0.3) is 5.91 Å². The number of rotatable bonds is 9. The van der Waals surface area contributed by atoms with Crippen molar-refractivity contribution in [2.45, 2.75) is 19.5 Å². The maximum Gasteiger partial charge on any atom is 0.258 e. The zero-order valence-electron chi connectivity index (χ0n) is 18.2. The number of hydrogen-bond acceptors (Lipinski definition) is 4. The van der Waals surface area contributed by atoms with Crippen molar-refractivity contribution in [2.24, 2.45) is 0 Å². The van der Waals surface area contributed by atoms with Crippen LogP contribution in [-0.4, -0.2) is 27.2 Å². The van der Waals surface area contributed by atoms with Crippen LogP contribution in [0, 0.1) is 0 Å². The van der Waals surface area contributed by atoms with Gasteiger partial charge in [0.05, 0.1) is 24.5 Å². The second-order valence-electron chi connectivity index (χ2n) is 7.48. The molecule has 3 aromatic carbocycles. The van der Waals surface area contributed by atoms with Crippen molar-refractivity contribution in [3.63, 3.8) is 0 Å². The molecule has 33 heavy (non-hydrogen) atoms. The summed E-state index contributed by atoms with van der Waals surface area (Å²) in [6, 6.07) is 21.2. The van der Waals surface area contributed by atoms with Crippen LogP contribution in [0.25, 0.3) is 0 Å². The van der Waals surface area contributed by atoms with Gasteiger partial charge in [0.15, 0.2) is 6.61 Å². The molecule has 0 spiro atoms. The van der Waals surface area contributed by atoms with E-state index in [2.05, 4.69) is 21.2 Å². The molecule has 3 aromatic rings. The molecule has 1 atom stereocenters. The average Bonchev–Trinajstić information content (AvgIpc) is 2.77. The van der Waals surface area contributed by atoms with E-state index in [1.807, 2.05) is 31.2 Å². The molecule has 0 aromatic heterocycles. The molecule has 0 unspecified atom stereocenters. The third kappa shape index (κ3) is 7.22. The van der Waals surface area contributed by atoms with Gasteiger partial charge in [0, 0.05) is 9.50 Å². The first-order chi connectivity index (χ1) is 15.6. The standard InChI is InChI=1S/C24H24BrClN2O4S/c1-17(18-7-9-20(25)10-8-18)27-24(29)16-32-22-13-11-21(12-14-22)28(33(2,30)31)15-19-5-3-4-6-23(19)26/h3-14,17H,15-16H2,1-2H3,(H,27,29)/t17-/m1/s1. The minimum Gasteiger partial charge on any atom is -0.484 e. The summed E-state index contributed by atoms with van der Waals surface area (Å²) < 4.78 is 32.6. The van der Waals surface area contributed by atoms with Crippen molar-refractivity contribution < 1.29 is 17.9 Å². The van der Waals surface area contributed by atoms with E-state index in [1.165, 1.54) is 4.31 Å². The topological polar surface area (TPSA) is 75.7 Å². The first-order valence-corrected chi connectivity index (χ1v) is 13.1. The van der Waals surface area contributed by atoms with Gasteiger partial charge in [-0.05, 0) is 60.5 Å². The number of sulfonamides is 1. The Labute approximate surface area is 207 Å². The van der Waals surface area contributed by atoms with E-state index < -0.39 is 10.0 Å². The van der Waals surface area contributed by atoms with E-state index >= 15 is 0 Å². The van der Waals surface area contributed by atoms with Gasteiger partial charge in [0.2, 0.25) is 10.0 Å². The van der Waals surface area contributed by atoms with Crippen LogP contribution in [-0.2, 0) is 21.4 Å². The van der Waals surface area contributed by atoms with E-state index in [9.17, 15) is 13.2 Å². The predicted molar refractivity (Wildman–Crippen MR) is 135 cm³/mol. The van der Waals surface area contributed by atoms with E-state index in [0.717, 1.165) is 16.3 Å². The van der Waals surface area contributed by atoms with Crippen LogP contribution in [0.5, 0.6) is 5.75 Å². The molecule has 0 aliphatic rings. The summed E-state index contributed by atoms with van der Waals surface area (Å²) in [5.41, 5.74) is 2.15. The number of carbonyl (C=O) groups is 1. The second kappa shape index (κ2) is 11.0. The van der Waals surface area contributed by atoms with Crippen molar-refractivity contribution in [2.75, 3.05) is 17.2 Å². The van der Waals surface area contributed by atoms with E-state index in [1.54, 1.807) is 48.5 Å². The Hall–Kier alpha value is -2.55. The summed E-state index contributed by atoms with van der Waals surface area (Å²) in [6.07, 6.45) is 1.14. The monoisotopic (exact) mass is 550 g/mol. The van der Waals surface area contributed by atoms with Crippen LogP contribution in [0.15, 0.2) is 77.3 Å². The van der Waals surface area contributed by atoms with Crippen molar-refractivity contribution in [1.29, 1.82) is 0 Å². The lowest BCUT2D eigenvalue weighted by Gasteiger charge is -2.23. The third-order valence-electron chi connectivity index (χ3n) is 4.91. The predicted octanol–water partition coefficient (Wildman–Crippen LogP) is 5.32. The molecule has 0 saturated heterocycles. The summed E-state index contributed by atoms with van der Waals surface area (Å²) in [5.74, 6) is 0.197. The van der Waals surface area contributed by atoms with Crippen LogP contribution in [0.1, 0.15) is 24.1 Å². The summed E-state index contributed by atoms with van der Waals surface area (Å²) in [7, 11) is -3.55. The molecule has 6 nitrogen and oxygen atoms in total. The molecule has 0 saturated carbocycles. The maximum atomic E-state index is 12.4. The second-order valence-corrected chi connectivity index (χ2v) is 10.7. The molecule has 3 rings (SSSR count). The minimum atomic E-state index is -3.55. The molecular formula is C24H24BrClN2O4S. The van der Waals surface area contributed by atoms with Crippen molar-refractivity contribution in [1.82, 2.24) is 5.32 Å². The SMILES string of the molecule is C[C@@H](NC(=O)COc1ccc(N(Cc2ccccc2Cl)S(C)(=O)=O)cc1)c1ccc(Br)cc1. The van der Waals surface area contributed by atoms with Crippen LogP contribution >= 0.6 is 27.5 Å². The van der Waals surface area contributed by atoms with Crippen LogP contribution in [0.2, 0.25) is 5.02 Å². The molecule has 0 heterocycles. The van der Waals surface area contributed by atoms with E-state index in [-0.39, 0.29) is 25.1 Å². The van der Waals surface area contributed by atoms with Crippen LogP contribution in [0.4, 0.5) is 5.69 Å². The normalized spacial score (nSPS) is 12.1. The van der Waals surface area contributed by atoms with Crippen molar-refractivity contribution >= 4 is 49.1 Å². The van der Waals surface area contributed by atoms with Gasteiger partial charge < -0.3 is 10.1 Å². The zero-order chi connectivity index (χ0) is 24.0. The summed E-state index contributed by atoms with van der Waals surface area (Å²) in [6.45, 7) is 1.85. The van der Waals surface area contributed by atoms with Crippen molar-refractivity contribution in [3.8, 4) is 5.75 Å². The molecule has 9 heteroatoms. The maximum absolute atomic E-state index is 12.4. The number of benzene rings is 3. The molecular weight excluding hydrogens is 528 g/mol. The lowest BCUT2D eigenvalue weighted by molar-refractivity contribution is -0.123. The Morgan fingerprint density at radius 1 is 1.06 bits per heavy atom. The average molecular weight is 552 g/mol. The Morgan fingerprint density at radius 3 is 2.30 bits per heavy atom. The van der Waals surface area contributed by atoms with Gasteiger partial charge in [-0.15, -0.1) is 0 Å². The lowest BCUT2D eigenvalue weighted by Crippen LogP contribution is -2.31. The van der Waals surface area contributed by atoms with Gasteiger partial charge in [-0.2, -0.15) is 0 Å². The van der Waals surface area contributed by atoms with Gasteiger partial charge in [-0.3, -0.25) is 9.10 Å². The van der Waals surface area contributed by atoms with Gasteiger partial charge >= 0.3 is 0 Å². The molecule has 0 bridgehead atoms. The Morgan fingerprint density at radius 2 is 1.70 bits per heavy atom. The fourth-order valence-corrected chi connectivity index (χ4v) is 4.49. The van der Waals surface area contributed by atoms with Gasteiger partial charge in [-0.25, -0.2) is 8.42 Å². The smallest absolute Gasteiger partial charge is 0.258 e. The Kier molecular flexibility index (Phi) is 8.40. The number of ether oxygens (including phenoxy) is 1. The quantitative estimate of drug-likeness (QED) is 0.390. The van der Waals surface area contributed by atoms with E-state index in [4.69, 9.17) is 16.3 Å². The van der Waals surface area contributed by atoms with Crippen LogP contribution in [0.3, 0.4) is 0 Å². The van der Waals surface area contributed by atoms with Gasteiger partial charge in [-0.1, -0.05) is 57.9 Å². The minimum absolute atomic E-state index is 0.106. The molecule has 0 aliphatic heterocycles. The highest BCUT2D eigenvalue weighted by molar-refractivity contribution is 9.10. The van der Waals surface area contributed by atoms with Crippen molar-refractivity contribution in [3.05, 3.63) is 93.4 Å². The molecule has 0 radical (unpaired) electrons. The molecule has 174 valence electrons. The largest absolute Gasteiger partial charge is 0.484 e. The number of nitrogens with one attached hydrogen (secondary N) is 1. The highest BCUT2D eigenvalue weighted by Crippen LogP contribution is 2.26. The number of halogens is 2. The number of hydrogen-bond donors (Lipinski definition) is 1. The first-order valence-electron chi connectivity index (χ1n) is 10.1. The number of anilines is 1. The lowest BCUT2D eigenvalue weighted by atomic mass is 10.1. The fourth-order valence-electron chi connectivity index (χ4n) is 3.16. The first kappa shape index (κ1) is 25.1. The van der Waals surface area contributed by atoms with E-state index in [0.29, 0.717) is 22.0 Å². The highest BCUT2D eigenvalue weighted by Gasteiger charge is 2.19. The highest BCUT2D eigenvalue weighted by atomic mass is 79.9. The summed E-state index contributed by atoms with van der Waals surface area (Å²) in [5, 5.41) is 3.38. The number of carbonyl (C=O) groups excluding carboxylic acids is 1. The molecule has 0 aliphatic carbocycles. The van der Waals surface area contributed by atoms with Gasteiger partial charge in [0.1, 0.15) is 5.75 Å². The third-order valence-corrected chi connectivity index (χ3v) is 6.95. The molecule has 1 amide bonds. The van der Waals surface area contributed by atoms with Crippen LogP contribution < -0.4 is 14.4 Å². The summed E-state index contributed by atoms with van der Waals surface area (Å²) in [4.78, 5) is 12.3. The fraction of sp³-hybridized carbons (Fsp3) is 0.208. The number of amides is 1.